The molecule has 2 aromatic rings. The van der Waals surface area contributed by atoms with E-state index >= 15 is 0 Å². The summed E-state index contributed by atoms with van der Waals surface area (Å²) >= 11 is 0. The number of benzene rings is 1. The summed E-state index contributed by atoms with van der Waals surface area (Å²) in [5.41, 5.74) is 5.47. The Labute approximate surface area is 121 Å². The van der Waals surface area contributed by atoms with Crippen LogP contribution in [0.3, 0.4) is 0 Å². The first kappa shape index (κ1) is 14.6. The minimum atomic E-state index is -0.700. The average molecular weight is 289 g/mol. The van der Waals surface area contributed by atoms with Gasteiger partial charge in [0.15, 0.2) is 0 Å². The highest BCUT2D eigenvalue weighted by molar-refractivity contribution is 5.94. The van der Waals surface area contributed by atoms with Gasteiger partial charge >= 0.3 is 0 Å². The summed E-state index contributed by atoms with van der Waals surface area (Å²) in [6.45, 7) is 2.21. The molecule has 7 nitrogen and oxygen atoms in total. The summed E-state index contributed by atoms with van der Waals surface area (Å²) in [5, 5.41) is 11.2. The van der Waals surface area contributed by atoms with Gasteiger partial charge in [-0.3, -0.25) is 14.9 Å². The SMILES string of the molecule is Cc1ccc(CN(C)c2ccc(C(N)=O)cc2[N+](=O)[O-])o1. The molecule has 2 N–H and O–H groups in total. The van der Waals surface area contributed by atoms with Crippen molar-refractivity contribution in [2.24, 2.45) is 5.73 Å². The maximum Gasteiger partial charge on any atom is 0.293 e. The zero-order valence-corrected chi connectivity index (χ0v) is 11.7. The van der Waals surface area contributed by atoms with Gasteiger partial charge in [0.25, 0.3) is 5.69 Å². The predicted octanol–water partition coefficient (Wildman–Crippen LogP) is 2.23. The minimum absolute atomic E-state index is 0.104. The molecule has 0 aliphatic heterocycles. The molecule has 110 valence electrons. The highest BCUT2D eigenvalue weighted by Gasteiger charge is 2.20. The van der Waals surface area contributed by atoms with Crippen LogP contribution >= 0.6 is 0 Å². The van der Waals surface area contributed by atoms with Gasteiger partial charge in [0.2, 0.25) is 5.91 Å². The smallest absolute Gasteiger partial charge is 0.293 e. The van der Waals surface area contributed by atoms with E-state index in [1.807, 2.05) is 19.1 Å². The van der Waals surface area contributed by atoms with Crippen LogP contribution in [0.25, 0.3) is 0 Å². The maximum absolute atomic E-state index is 11.2. The topological polar surface area (TPSA) is 103 Å². The molecule has 7 heteroatoms. The second-order valence-electron chi connectivity index (χ2n) is 4.69. The average Bonchev–Trinajstić information content (AvgIpc) is 2.83. The number of carbonyl (C=O) groups excluding carboxylic acids is 1. The van der Waals surface area contributed by atoms with Crippen molar-refractivity contribution >= 4 is 17.3 Å². The van der Waals surface area contributed by atoms with Crippen molar-refractivity contribution in [3.05, 3.63) is 57.5 Å². The van der Waals surface area contributed by atoms with E-state index in [1.54, 1.807) is 11.9 Å². The summed E-state index contributed by atoms with van der Waals surface area (Å²) in [4.78, 5) is 23.4. The van der Waals surface area contributed by atoms with E-state index in [0.717, 1.165) is 5.76 Å². The Balaban J connectivity index is 2.33. The highest BCUT2D eigenvalue weighted by Crippen LogP contribution is 2.29. The van der Waals surface area contributed by atoms with Gasteiger partial charge in [0, 0.05) is 18.7 Å². The van der Waals surface area contributed by atoms with Gasteiger partial charge < -0.3 is 15.1 Å². The van der Waals surface area contributed by atoms with Crippen LogP contribution in [-0.4, -0.2) is 17.9 Å². The molecule has 0 aliphatic rings. The number of amides is 1. The summed E-state index contributed by atoms with van der Waals surface area (Å²) in [7, 11) is 1.71. The van der Waals surface area contributed by atoms with E-state index in [0.29, 0.717) is 18.0 Å². The molecule has 1 aromatic heterocycles. The third-order valence-electron chi connectivity index (χ3n) is 3.06. The van der Waals surface area contributed by atoms with Gasteiger partial charge in [-0.05, 0) is 31.2 Å². The number of primary amides is 1. The molecule has 1 heterocycles. The molecule has 0 bridgehead atoms. The van der Waals surface area contributed by atoms with Crippen molar-refractivity contribution in [1.82, 2.24) is 0 Å². The van der Waals surface area contributed by atoms with Crippen molar-refractivity contribution < 1.29 is 14.1 Å². The normalized spacial score (nSPS) is 10.4. The number of furan rings is 1. The third kappa shape index (κ3) is 3.19. The van der Waals surface area contributed by atoms with E-state index in [1.165, 1.54) is 18.2 Å². The van der Waals surface area contributed by atoms with E-state index < -0.39 is 10.8 Å². The Kier molecular flexibility index (Phi) is 3.93. The number of aryl methyl sites for hydroxylation is 1. The van der Waals surface area contributed by atoms with Gasteiger partial charge in [0.1, 0.15) is 17.2 Å². The molecule has 0 saturated carbocycles. The standard InChI is InChI=1S/C14H15N3O4/c1-9-3-5-11(21-9)8-16(2)12-6-4-10(14(15)18)7-13(12)17(19)20/h3-7H,8H2,1-2H3,(H2,15,18). The number of hydrogen-bond acceptors (Lipinski definition) is 5. The Morgan fingerprint density at radius 2 is 2.10 bits per heavy atom. The van der Waals surface area contributed by atoms with Crippen LogP contribution in [0.1, 0.15) is 21.9 Å². The number of anilines is 1. The fourth-order valence-electron chi connectivity index (χ4n) is 2.03. The summed E-state index contributed by atoms with van der Waals surface area (Å²) in [6, 6.07) is 7.80. The number of nitro groups is 1. The molecular formula is C14H15N3O4. The quantitative estimate of drug-likeness (QED) is 0.671. The lowest BCUT2D eigenvalue weighted by atomic mass is 10.1. The maximum atomic E-state index is 11.2. The lowest BCUT2D eigenvalue weighted by molar-refractivity contribution is -0.384. The van der Waals surface area contributed by atoms with Gasteiger partial charge in [-0.1, -0.05) is 0 Å². The van der Waals surface area contributed by atoms with Gasteiger partial charge in [-0.15, -0.1) is 0 Å². The van der Waals surface area contributed by atoms with Crippen molar-refractivity contribution in [1.29, 1.82) is 0 Å². The first-order chi connectivity index (χ1) is 9.88. The van der Waals surface area contributed by atoms with Crippen LogP contribution in [-0.2, 0) is 6.54 Å². The van der Waals surface area contributed by atoms with Crippen LogP contribution in [0, 0.1) is 17.0 Å². The van der Waals surface area contributed by atoms with Gasteiger partial charge in [0.05, 0.1) is 11.5 Å². The second kappa shape index (κ2) is 5.66. The lowest BCUT2D eigenvalue weighted by Gasteiger charge is -2.18. The number of nitro benzene ring substituents is 1. The molecule has 0 radical (unpaired) electrons. The molecule has 2 rings (SSSR count). The molecular weight excluding hydrogens is 274 g/mol. The first-order valence-corrected chi connectivity index (χ1v) is 6.23. The zero-order valence-electron chi connectivity index (χ0n) is 11.7. The molecule has 0 atom stereocenters. The van der Waals surface area contributed by atoms with E-state index in [4.69, 9.17) is 10.2 Å². The summed E-state index contributed by atoms with van der Waals surface area (Å²) < 4.78 is 5.45. The van der Waals surface area contributed by atoms with E-state index in [2.05, 4.69) is 0 Å². The second-order valence-corrected chi connectivity index (χ2v) is 4.69. The first-order valence-electron chi connectivity index (χ1n) is 6.23. The molecule has 0 saturated heterocycles. The van der Waals surface area contributed by atoms with Crippen molar-refractivity contribution in [2.45, 2.75) is 13.5 Å². The Bertz CT molecular complexity index is 693. The fourth-order valence-corrected chi connectivity index (χ4v) is 2.03. The van der Waals surface area contributed by atoms with Crippen molar-refractivity contribution in [3.8, 4) is 0 Å². The Morgan fingerprint density at radius 1 is 1.38 bits per heavy atom. The number of nitrogens with zero attached hydrogens (tertiary/aromatic N) is 2. The molecule has 1 amide bonds. The van der Waals surface area contributed by atoms with Crippen LogP contribution in [0.4, 0.5) is 11.4 Å². The lowest BCUT2D eigenvalue weighted by Crippen LogP contribution is -2.18. The number of carbonyl (C=O) groups is 1. The molecule has 21 heavy (non-hydrogen) atoms. The molecule has 0 unspecified atom stereocenters. The summed E-state index contributed by atoms with van der Waals surface area (Å²) in [5.74, 6) is 0.772. The minimum Gasteiger partial charge on any atom is -0.464 e. The van der Waals surface area contributed by atoms with Crippen molar-refractivity contribution in [3.63, 3.8) is 0 Å². The Hall–Kier alpha value is -2.83. The van der Waals surface area contributed by atoms with Crippen LogP contribution in [0.2, 0.25) is 0 Å². The summed E-state index contributed by atoms with van der Waals surface area (Å²) in [6.07, 6.45) is 0. The Morgan fingerprint density at radius 3 is 2.62 bits per heavy atom. The van der Waals surface area contributed by atoms with E-state index in [9.17, 15) is 14.9 Å². The molecule has 0 aliphatic carbocycles. The van der Waals surface area contributed by atoms with Crippen LogP contribution < -0.4 is 10.6 Å². The third-order valence-corrected chi connectivity index (χ3v) is 3.06. The fraction of sp³-hybridized carbons (Fsp3) is 0.214. The van der Waals surface area contributed by atoms with Gasteiger partial charge in [-0.2, -0.15) is 0 Å². The molecule has 0 fully saturated rings. The molecule has 1 aromatic carbocycles. The van der Waals surface area contributed by atoms with Gasteiger partial charge in [-0.25, -0.2) is 0 Å². The van der Waals surface area contributed by atoms with Crippen LogP contribution in [0.5, 0.6) is 0 Å². The monoisotopic (exact) mass is 289 g/mol. The van der Waals surface area contributed by atoms with Crippen LogP contribution in [0.15, 0.2) is 34.7 Å². The number of hydrogen-bond donors (Lipinski definition) is 1. The number of rotatable bonds is 5. The predicted molar refractivity (Wildman–Crippen MR) is 77.2 cm³/mol. The zero-order chi connectivity index (χ0) is 15.6. The van der Waals surface area contributed by atoms with E-state index in [-0.39, 0.29) is 11.3 Å². The largest absolute Gasteiger partial charge is 0.464 e. The highest BCUT2D eigenvalue weighted by atomic mass is 16.6. The number of nitrogens with two attached hydrogens (primary N) is 1. The molecule has 0 spiro atoms. The van der Waals surface area contributed by atoms with Crippen molar-refractivity contribution in [2.75, 3.05) is 11.9 Å².